The maximum Gasteiger partial charge on any atom is 1.00 e. The minimum atomic E-state index is -3.86. The van der Waals surface area contributed by atoms with Gasteiger partial charge in [-0.15, -0.1) is 0 Å². The number of halogens is 2. The van der Waals surface area contributed by atoms with E-state index in [2.05, 4.69) is 10.1 Å². The first-order chi connectivity index (χ1) is 13.6. The summed E-state index contributed by atoms with van der Waals surface area (Å²) in [5.74, 6) is -2.04. The van der Waals surface area contributed by atoms with Gasteiger partial charge < -0.3 is 5.11 Å². The molecule has 0 amide bonds. The Bertz CT molecular complexity index is 1370. The van der Waals surface area contributed by atoms with Gasteiger partial charge in [-0.05, 0) is 43.1 Å². The number of hydrogen-bond acceptors (Lipinski definition) is 5. The monoisotopic (exact) mass is 454 g/mol. The number of nitrogens with two attached hydrogens (primary N) is 1. The van der Waals surface area contributed by atoms with Gasteiger partial charge in [-0.2, -0.15) is 5.10 Å². The molecule has 0 aliphatic heterocycles. The van der Waals surface area contributed by atoms with Gasteiger partial charge in [0, 0.05) is 17.2 Å². The smallest absolute Gasteiger partial charge is 0.858 e. The maximum absolute atomic E-state index is 14.4. The van der Waals surface area contributed by atoms with Crippen molar-refractivity contribution in [3.05, 3.63) is 65.9 Å². The Balaban J connectivity index is 0.00000256. The molecule has 0 radical (unpaired) electrons. The number of benzene rings is 2. The van der Waals surface area contributed by atoms with Crippen LogP contribution in [-0.4, -0.2) is 23.0 Å². The van der Waals surface area contributed by atoms with E-state index in [1.54, 1.807) is 6.92 Å². The Labute approximate surface area is 213 Å². The number of aryl methyl sites for hydroxylation is 1. The van der Waals surface area contributed by atoms with Crippen LogP contribution in [0.3, 0.4) is 0 Å². The molecule has 2 heterocycles. The number of hydrogen-bond donors (Lipinski definition) is 1. The summed E-state index contributed by atoms with van der Waals surface area (Å²) in [7, 11) is -3.86. The summed E-state index contributed by atoms with van der Waals surface area (Å²) in [6, 6.07) is 9.84. The predicted molar refractivity (Wildman–Crippen MR) is 99.3 cm³/mol. The molecule has 0 saturated carbocycles. The molecule has 11 heteroatoms. The molecular formula is C19H13F2KN4O3S. The van der Waals surface area contributed by atoms with Gasteiger partial charge in [0.05, 0.1) is 21.8 Å². The number of sulfonamides is 1. The zero-order chi connectivity index (χ0) is 20.9. The Morgan fingerprint density at radius 2 is 1.73 bits per heavy atom. The van der Waals surface area contributed by atoms with Gasteiger partial charge >= 0.3 is 51.4 Å². The summed E-state index contributed by atoms with van der Waals surface area (Å²) in [6.07, 6.45) is 0. The first kappa shape index (κ1) is 22.9. The standard InChI is InChI=1S/C19H14F2N4O3S.K/c1-10-18(14-7-4-12(20)8-15(14)21)19-23-16(9-17(26)25(19)24-10)11-2-5-13(6-3-11)29(22,27)28;/h2-9,26H,1H3,(H2,22,27,28);/q;+1/p-1. The number of rotatable bonds is 3. The van der Waals surface area contributed by atoms with Crippen molar-refractivity contribution in [2.45, 2.75) is 11.8 Å². The molecule has 148 valence electrons. The van der Waals surface area contributed by atoms with Gasteiger partial charge in [0.25, 0.3) is 0 Å². The Hall–Kier alpha value is -1.73. The van der Waals surface area contributed by atoms with Gasteiger partial charge in [0.2, 0.25) is 10.0 Å². The first-order valence-electron chi connectivity index (χ1n) is 8.31. The van der Waals surface area contributed by atoms with E-state index in [-0.39, 0.29) is 78.7 Å². The van der Waals surface area contributed by atoms with Crippen LogP contribution in [0.15, 0.2) is 53.4 Å². The van der Waals surface area contributed by atoms with Crippen molar-refractivity contribution in [2.75, 3.05) is 0 Å². The van der Waals surface area contributed by atoms with Crippen LogP contribution in [0.4, 0.5) is 8.78 Å². The molecule has 2 N–H and O–H groups in total. The summed E-state index contributed by atoms with van der Waals surface area (Å²) in [5, 5.41) is 21.7. The molecule has 4 rings (SSSR count). The summed E-state index contributed by atoms with van der Waals surface area (Å²) in [6.45, 7) is 1.59. The third-order valence-corrected chi connectivity index (χ3v) is 5.34. The van der Waals surface area contributed by atoms with E-state index in [0.29, 0.717) is 11.3 Å². The number of nitrogens with zero attached hydrogens (tertiary/aromatic N) is 3. The maximum atomic E-state index is 14.4. The normalized spacial score (nSPS) is 11.5. The average Bonchev–Trinajstić information content (AvgIpc) is 2.98. The van der Waals surface area contributed by atoms with Crippen LogP contribution in [0.25, 0.3) is 28.0 Å². The zero-order valence-electron chi connectivity index (χ0n) is 15.9. The molecule has 0 unspecified atom stereocenters. The van der Waals surface area contributed by atoms with Gasteiger partial charge in [0.15, 0.2) is 5.65 Å². The molecule has 0 saturated heterocycles. The van der Waals surface area contributed by atoms with Crippen molar-refractivity contribution in [2.24, 2.45) is 5.14 Å². The molecule has 0 aliphatic rings. The SMILES string of the molecule is Cc1nn2c([O-])cc(-c3ccc(S(N)(=O)=O)cc3)nc2c1-c1ccc(F)cc1F.[K+]. The van der Waals surface area contributed by atoms with E-state index in [0.717, 1.165) is 16.6 Å². The number of fused-ring (bicyclic) bond motifs is 1. The second-order valence-corrected chi connectivity index (χ2v) is 7.93. The molecule has 4 aromatic rings. The van der Waals surface area contributed by atoms with Gasteiger partial charge in [-0.3, -0.25) is 0 Å². The molecule has 0 aliphatic carbocycles. The minimum Gasteiger partial charge on any atom is -0.858 e. The summed E-state index contributed by atoms with van der Waals surface area (Å²) in [4.78, 5) is 4.33. The van der Waals surface area contributed by atoms with E-state index >= 15 is 0 Å². The predicted octanol–water partition coefficient (Wildman–Crippen LogP) is -0.625. The van der Waals surface area contributed by atoms with E-state index in [4.69, 9.17) is 5.14 Å². The topological polar surface area (TPSA) is 113 Å². The van der Waals surface area contributed by atoms with Crippen molar-refractivity contribution in [3.8, 4) is 28.3 Å². The summed E-state index contributed by atoms with van der Waals surface area (Å²) < 4.78 is 51.5. The number of aromatic nitrogens is 3. The molecule has 2 aromatic heterocycles. The van der Waals surface area contributed by atoms with Crippen LogP contribution in [0.5, 0.6) is 5.88 Å². The molecule has 0 bridgehead atoms. The van der Waals surface area contributed by atoms with Crippen LogP contribution >= 0.6 is 0 Å². The first-order valence-corrected chi connectivity index (χ1v) is 9.86. The van der Waals surface area contributed by atoms with Crippen molar-refractivity contribution in [1.29, 1.82) is 0 Å². The molecule has 0 spiro atoms. The molecule has 2 aromatic carbocycles. The average molecular weight is 454 g/mol. The molecule has 7 nitrogen and oxygen atoms in total. The fraction of sp³-hybridized carbons (Fsp3) is 0.0526. The summed E-state index contributed by atoms with van der Waals surface area (Å²) in [5.41, 5.74) is 1.48. The van der Waals surface area contributed by atoms with Gasteiger partial charge in [-0.1, -0.05) is 12.1 Å². The second-order valence-electron chi connectivity index (χ2n) is 6.37. The molecule has 0 atom stereocenters. The van der Waals surface area contributed by atoms with Crippen molar-refractivity contribution >= 4 is 15.7 Å². The minimum absolute atomic E-state index is 0. The van der Waals surface area contributed by atoms with Crippen molar-refractivity contribution < 1.29 is 73.7 Å². The van der Waals surface area contributed by atoms with Gasteiger partial charge in [0.1, 0.15) is 11.6 Å². The number of primary sulfonamides is 1. The van der Waals surface area contributed by atoms with E-state index in [1.807, 2.05) is 0 Å². The van der Waals surface area contributed by atoms with Crippen LogP contribution in [0, 0.1) is 18.6 Å². The fourth-order valence-electron chi connectivity index (χ4n) is 3.07. The van der Waals surface area contributed by atoms with Gasteiger partial charge in [-0.25, -0.2) is 31.8 Å². The fourth-order valence-corrected chi connectivity index (χ4v) is 3.58. The van der Waals surface area contributed by atoms with Crippen LogP contribution in [0.1, 0.15) is 5.69 Å². The largest absolute Gasteiger partial charge is 1.00 e. The Kier molecular flexibility index (Phi) is 6.44. The van der Waals surface area contributed by atoms with E-state index in [9.17, 15) is 22.3 Å². The Morgan fingerprint density at radius 3 is 2.33 bits per heavy atom. The van der Waals surface area contributed by atoms with Crippen LogP contribution in [-0.2, 0) is 10.0 Å². The van der Waals surface area contributed by atoms with Crippen LogP contribution in [0.2, 0.25) is 0 Å². The third kappa shape index (κ3) is 4.19. The van der Waals surface area contributed by atoms with Crippen molar-refractivity contribution in [1.82, 2.24) is 14.6 Å². The second kappa shape index (κ2) is 8.42. The summed E-state index contributed by atoms with van der Waals surface area (Å²) >= 11 is 0. The Morgan fingerprint density at radius 1 is 1.07 bits per heavy atom. The third-order valence-electron chi connectivity index (χ3n) is 4.41. The molecule has 0 fully saturated rings. The molecule has 30 heavy (non-hydrogen) atoms. The van der Waals surface area contributed by atoms with E-state index in [1.165, 1.54) is 36.4 Å². The van der Waals surface area contributed by atoms with Crippen LogP contribution < -0.4 is 61.6 Å². The quantitative estimate of drug-likeness (QED) is 0.415. The molecular weight excluding hydrogens is 441 g/mol. The van der Waals surface area contributed by atoms with E-state index < -0.39 is 27.5 Å². The zero-order valence-corrected chi connectivity index (χ0v) is 19.9. The van der Waals surface area contributed by atoms with Crippen molar-refractivity contribution in [3.63, 3.8) is 0 Å².